The van der Waals surface area contributed by atoms with Crippen LogP contribution in [0.5, 0.6) is 0 Å². The van der Waals surface area contributed by atoms with Crippen LogP contribution in [0.1, 0.15) is 28.9 Å². The summed E-state index contributed by atoms with van der Waals surface area (Å²) in [6.45, 7) is 1.64. The molecule has 7 heteroatoms. The Kier molecular flexibility index (Phi) is 6.41. The SMILES string of the molecule is COC(=O)c1cccc(NC(=O)CN(C)C(C)c2cc(F)ccc2F)c1. The maximum atomic E-state index is 13.9. The van der Waals surface area contributed by atoms with Gasteiger partial charge in [-0.15, -0.1) is 0 Å². The normalized spacial score (nSPS) is 11.9. The van der Waals surface area contributed by atoms with Gasteiger partial charge in [-0.25, -0.2) is 13.6 Å². The lowest BCUT2D eigenvalue weighted by Gasteiger charge is -2.25. The zero-order chi connectivity index (χ0) is 19.3. The van der Waals surface area contributed by atoms with Crippen LogP contribution in [0.4, 0.5) is 14.5 Å². The number of benzene rings is 2. The average molecular weight is 362 g/mol. The summed E-state index contributed by atoms with van der Waals surface area (Å²) in [5.74, 6) is -1.92. The van der Waals surface area contributed by atoms with Crippen molar-refractivity contribution in [3.05, 3.63) is 65.2 Å². The molecule has 0 spiro atoms. The molecule has 0 fully saturated rings. The standard InChI is InChI=1S/C19H20F2N2O3/c1-12(16-10-14(20)7-8-17(16)21)23(2)11-18(24)22-15-6-4-5-13(9-15)19(25)26-3/h4-10,12H,11H2,1-3H3,(H,22,24). The number of methoxy groups -OCH3 is 1. The van der Waals surface area contributed by atoms with Gasteiger partial charge in [0, 0.05) is 17.3 Å². The highest BCUT2D eigenvalue weighted by atomic mass is 19.1. The van der Waals surface area contributed by atoms with Crippen LogP contribution in [0.3, 0.4) is 0 Å². The number of carbonyl (C=O) groups is 2. The molecular formula is C19H20F2N2O3. The Morgan fingerprint density at radius 2 is 1.92 bits per heavy atom. The summed E-state index contributed by atoms with van der Waals surface area (Å²) in [6.07, 6.45) is 0. The number of nitrogens with one attached hydrogen (secondary N) is 1. The highest BCUT2D eigenvalue weighted by molar-refractivity contribution is 5.95. The second-order valence-electron chi connectivity index (χ2n) is 5.88. The molecule has 0 saturated heterocycles. The van der Waals surface area contributed by atoms with Gasteiger partial charge in [0.05, 0.1) is 19.2 Å². The minimum Gasteiger partial charge on any atom is -0.465 e. The fourth-order valence-corrected chi connectivity index (χ4v) is 2.48. The first-order chi connectivity index (χ1) is 12.3. The summed E-state index contributed by atoms with van der Waals surface area (Å²) < 4.78 is 31.9. The van der Waals surface area contributed by atoms with Crippen molar-refractivity contribution in [2.45, 2.75) is 13.0 Å². The van der Waals surface area contributed by atoms with E-state index in [0.717, 1.165) is 18.2 Å². The number of anilines is 1. The maximum absolute atomic E-state index is 13.9. The fraction of sp³-hybridized carbons (Fsp3) is 0.263. The van der Waals surface area contributed by atoms with Crippen molar-refractivity contribution in [1.82, 2.24) is 4.90 Å². The Morgan fingerprint density at radius 3 is 2.62 bits per heavy atom. The van der Waals surface area contributed by atoms with E-state index in [0.29, 0.717) is 11.3 Å². The molecule has 26 heavy (non-hydrogen) atoms. The molecule has 1 atom stereocenters. The Labute approximate surface area is 150 Å². The first-order valence-corrected chi connectivity index (χ1v) is 7.95. The molecule has 0 saturated carbocycles. The Bertz CT molecular complexity index is 811. The van der Waals surface area contributed by atoms with Gasteiger partial charge in [-0.3, -0.25) is 9.69 Å². The number of ether oxygens (including phenoxy) is 1. The van der Waals surface area contributed by atoms with Gasteiger partial charge in [0.1, 0.15) is 11.6 Å². The highest BCUT2D eigenvalue weighted by Gasteiger charge is 2.19. The summed E-state index contributed by atoms with van der Waals surface area (Å²) in [5, 5.41) is 2.67. The predicted molar refractivity (Wildman–Crippen MR) is 93.8 cm³/mol. The van der Waals surface area contributed by atoms with Crippen molar-refractivity contribution in [2.24, 2.45) is 0 Å². The van der Waals surface area contributed by atoms with E-state index in [4.69, 9.17) is 0 Å². The zero-order valence-corrected chi connectivity index (χ0v) is 14.8. The molecule has 0 aliphatic carbocycles. The Morgan fingerprint density at radius 1 is 1.19 bits per heavy atom. The van der Waals surface area contributed by atoms with Gasteiger partial charge in [-0.2, -0.15) is 0 Å². The lowest BCUT2D eigenvalue weighted by Crippen LogP contribution is -2.32. The molecule has 0 aliphatic rings. The summed E-state index contributed by atoms with van der Waals surface area (Å²) in [7, 11) is 2.91. The van der Waals surface area contributed by atoms with E-state index in [9.17, 15) is 18.4 Å². The van der Waals surface area contributed by atoms with Crippen LogP contribution in [0.2, 0.25) is 0 Å². The molecule has 2 aromatic carbocycles. The van der Waals surface area contributed by atoms with E-state index in [-0.39, 0.29) is 18.0 Å². The molecule has 0 radical (unpaired) electrons. The van der Waals surface area contributed by atoms with Gasteiger partial charge in [0.15, 0.2) is 0 Å². The second kappa shape index (κ2) is 8.53. The van der Waals surface area contributed by atoms with E-state index in [1.807, 2.05) is 0 Å². The van der Waals surface area contributed by atoms with Crippen molar-refractivity contribution in [3.8, 4) is 0 Å². The molecular weight excluding hydrogens is 342 g/mol. The van der Waals surface area contributed by atoms with Gasteiger partial charge in [-0.1, -0.05) is 6.07 Å². The molecule has 2 aromatic rings. The van der Waals surface area contributed by atoms with Crippen LogP contribution in [-0.4, -0.2) is 37.5 Å². The first kappa shape index (κ1) is 19.5. The van der Waals surface area contributed by atoms with Crippen molar-refractivity contribution in [1.29, 1.82) is 0 Å². The van der Waals surface area contributed by atoms with Crippen molar-refractivity contribution < 1.29 is 23.1 Å². The number of nitrogens with zero attached hydrogens (tertiary/aromatic N) is 1. The van der Waals surface area contributed by atoms with E-state index in [1.54, 1.807) is 37.1 Å². The average Bonchev–Trinajstić information content (AvgIpc) is 2.62. The molecule has 1 N–H and O–H groups in total. The van der Waals surface area contributed by atoms with Gasteiger partial charge < -0.3 is 10.1 Å². The minimum atomic E-state index is -0.536. The van der Waals surface area contributed by atoms with Crippen molar-refractivity contribution in [3.63, 3.8) is 0 Å². The van der Waals surface area contributed by atoms with Crippen LogP contribution in [0.15, 0.2) is 42.5 Å². The van der Waals surface area contributed by atoms with E-state index < -0.39 is 23.6 Å². The molecule has 1 unspecified atom stereocenters. The van der Waals surface area contributed by atoms with Gasteiger partial charge >= 0.3 is 5.97 Å². The van der Waals surface area contributed by atoms with Gasteiger partial charge in [0.2, 0.25) is 5.91 Å². The number of hydrogen-bond acceptors (Lipinski definition) is 4. The number of carbonyl (C=O) groups excluding carboxylic acids is 2. The zero-order valence-electron chi connectivity index (χ0n) is 14.8. The summed E-state index contributed by atoms with van der Waals surface area (Å²) in [6, 6.07) is 9.06. The third kappa shape index (κ3) is 4.86. The monoisotopic (exact) mass is 362 g/mol. The fourth-order valence-electron chi connectivity index (χ4n) is 2.48. The molecule has 0 heterocycles. The maximum Gasteiger partial charge on any atom is 0.337 e. The molecule has 0 aliphatic heterocycles. The summed E-state index contributed by atoms with van der Waals surface area (Å²) >= 11 is 0. The van der Waals surface area contributed by atoms with Crippen LogP contribution in [0.25, 0.3) is 0 Å². The van der Waals surface area contributed by atoms with E-state index >= 15 is 0 Å². The number of amides is 1. The minimum absolute atomic E-state index is 0.0421. The molecule has 0 bridgehead atoms. The third-order valence-electron chi connectivity index (χ3n) is 4.03. The molecule has 0 aromatic heterocycles. The van der Waals surface area contributed by atoms with Crippen LogP contribution >= 0.6 is 0 Å². The number of halogens is 2. The molecule has 1 amide bonds. The lowest BCUT2D eigenvalue weighted by atomic mass is 10.1. The second-order valence-corrected chi connectivity index (χ2v) is 5.88. The Balaban J connectivity index is 2.03. The summed E-state index contributed by atoms with van der Waals surface area (Å²) in [4.78, 5) is 25.3. The van der Waals surface area contributed by atoms with Crippen molar-refractivity contribution >= 4 is 17.6 Å². The molecule has 5 nitrogen and oxygen atoms in total. The quantitative estimate of drug-likeness (QED) is 0.801. The predicted octanol–water partition coefficient (Wildman–Crippen LogP) is 3.38. The number of hydrogen-bond donors (Lipinski definition) is 1. The smallest absolute Gasteiger partial charge is 0.337 e. The van der Waals surface area contributed by atoms with Gasteiger partial charge in [-0.05, 0) is 50.4 Å². The number of likely N-dealkylation sites (N-methyl/N-ethyl adjacent to an activating group) is 1. The van der Waals surface area contributed by atoms with E-state index in [2.05, 4.69) is 10.1 Å². The highest BCUT2D eigenvalue weighted by Crippen LogP contribution is 2.22. The van der Waals surface area contributed by atoms with Crippen LogP contribution in [-0.2, 0) is 9.53 Å². The molecule has 2 rings (SSSR count). The summed E-state index contributed by atoms with van der Waals surface area (Å²) in [5.41, 5.74) is 0.928. The van der Waals surface area contributed by atoms with Crippen LogP contribution < -0.4 is 5.32 Å². The van der Waals surface area contributed by atoms with Gasteiger partial charge in [0.25, 0.3) is 0 Å². The largest absolute Gasteiger partial charge is 0.465 e. The molecule has 138 valence electrons. The lowest BCUT2D eigenvalue weighted by molar-refractivity contribution is -0.117. The third-order valence-corrected chi connectivity index (χ3v) is 4.03. The number of rotatable bonds is 6. The Hall–Kier alpha value is -2.80. The van der Waals surface area contributed by atoms with Crippen molar-refractivity contribution in [2.75, 3.05) is 26.0 Å². The number of esters is 1. The first-order valence-electron chi connectivity index (χ1n) is 7.95. The van der Waals surface area contributed by atoms with E-state index in [1.165, 1.54) is 13.2 Å². The van der Waals surface area contributed by atoms with Crippen LogP contribution in [0, 0.1) is 11.6 Å². The topological polar surface area (TPSA) is 58.6 Å².